The summed E-state index contributed by atoms with van der Waals surface area (Å²) in [6.45, 7) is 2.54. The van der Waals surface area contributed by atoms with Gasteiger partial charge in [-0.1, -0.05) is 55.0 Å². The third-order valence-corrected chi connectivity index (χ3v) is 8.88. The van der Waals surface area contributed by atoms with Crippen LogP contribution >= 0.6 is 6.26 Å². The van der Waals surface area contributed by atoms with Gasteiger partial charge in [0, 0.05) is 11.9 Å². The highest BCUT2D eigenvalue weighted by molar-refractivity contribution is 8.16. The van der Waals surface area contributed by atoms with Gasteiger partial charge in [0.05, 0.1) is 6.07 Å². The second-order valence-corrected chi connectivity index (χ2v) is 8.93. The Kier molecular flexibility index (Phi) is 4.22. The first-order chi connectivity index (χ1) is 8.68. The average molecular weight is 279 g/mol. The fourth-order valence-electron chi connectivity index (χ4n) is 2.68. The second kappa shape index (κ2) is 5.53. The Bertz CT molecular complexity index is 488. The first kappa shape index (κ1) is 13.7. The van der Waals surface area contributed by atoms with Gasteiger partial charge < -0.3 is 4.52 Å². The van der Waals surface area contributed by atoms with Gasteiger partial charge in [0.25, 0.3) is 0 Å². The number of benzene rings is 1. The molecule has 0 heterocycles. The Labute approximate surface area is 114 Å². The standard InChI is InChI=1S/C14H18NOPS/c1-2-16-17(18,13-8-4-3-5-9-13)14(12-15)10-6-7-11-14/h3-5,8-9H,2,6-7,10-11H2,1H3/t17-/m1/s1. The van der Waals surface area contributed by atoms with Crippen LogP contribution in [0.4, 0.5) is 0 Å². The third kappa shape index (κ3) is 2.14. The van der Waals surface area contributed by atoms with Crippen molar-refractivity contribution in [2.75, 3.05) is 6.61 Å². The molecule has 96 valence electrons. The van der Waals surface area contributed by atoms with Gasteiger partial charge in [0.2, 0.25) is 0 Å². The maximum absolute atomic E-state index is 9.67. The monoisotopic (exact) mass is 279 g/mol. The van der Waals surface area contributed by atoms with E-state index in [0.29, 0.717) is 6.61 Å². The minimum Gasteiger partial charge on any atom is -0.345 e. The first-order valence-corrected chi connectivity index (χ1v) is 9.12. The molecule has 1 aliphatic carbocycles. The van der Waals surface area contributed by atoms with E-state index >= 15 is 0 Å². The van der Waals surface area contributed by atoms with Crippen LogP contribution in [0.1, 0.15) is 32.6 Å². The molecule has 1 fully saturated rings. The molecular weight excluding hydrogens is 261 g/mol. The van der Waals surface area contributed by atoms with E-state index in [2.05, 4.69) is 6.07 Å². The van der Waals surface area contributed by atoms with Crippen molar-refractivity contribution in [1.82, 2.24) is 0 Å². The molecule has 1 aliphatic rings. The van der Waals surface area contributed by atoms with Crippen LogP contribution < -0.4 is 5.30 Å². The van der Waals surface area contributed by atoms with E-state index in [9.17, 15) is 5.26 Å². The summed E-state index contributed by atoms with van der Waals surface area (Å²) in [5.74, 6) is 0. The Morgan fingerprint density at radius 2 is 1.94 bits per heavy atom. The van der Waals surface area contributed by atoms with Crippen molar-refractivity contribution in [3.63, 3.8) is 0 Å². The molecular formula is C14H18NOPS. The van der Waals surface area contributed by atoms with E-state index < -0.39 is 11.4 Å². The van der Waals surface area contributed by atoms with Crippen molar-refractivity contribution in [2.45, 2.75) is 37.8 Å². The lowest BCUT2D eigenvalue weighted by Crippen LogP contribution is -2.30. The predicted molar refractivity (Wildman–Crippen MR) is 78.8 cm³/mol. The smallest absolute Gasteiger partial charge is 0.114 e. The summed E-state index contributed by atoms with van der Waals surface area (Å²) in [5.41, 5.74) is 0. The molecule has 1 saturated carbocycles. The van der Waals surface area contributed by atoms with E-state index in [0.717, 1.165) is 31.0 Å². The molecule has 0 spiro atoms. The molecule has 0 saturated heterocycles. The zero-order valence-corrected chi connectivity index (χ0v) is 12.3. The lowest BCUT2D eigenvalue weighted by atomic mass is 10.1. The lowest BCUT2D eigenvalue weighted by molar-refractivity contribution is 0.369. The fourth-order valence-corrected chi connectivity index (χ4v) is 6.89. The largest absolute Gasteiger partial charge is 0.345 e. The van der Waals surface area contributed by atoms with Crippen LogP contribution in [0, 0.1) is 11.3 Å². The zero-order valence-electron chi connectivity index (χ0n) is 10.6. The topological polar surface area (TPSA) is 33.0 Å². The average Bonchev–Trinajstić information content (AvgIpc) is 2.90. The van der Waals surface area contributed by atoms with E-state index in [-0.39, 0.29) is 0 Å². The van der Waals surface area contributed by atoms with Gasteiger partial charge in [-0.3, -0.25) is 0 Å². The van der Waals surface area contributed by atoms with E-state index in [1.54, 1.807) is 0 Å². The van der Waals surface area contributed by atoms with E-state index in [4.69, 9.17) is 16.3 Å². The molecule has 0 amide bonds. The molecule has 0 N–H and O–H groups in total. The van der Waals surface area contributed by atoms with Crippen LogP contribution in [0.15, 0.2) is 30.3 Å². The third-order valence-electron chi connectivity index (χ3n) is 3.61. The SMILES string of the molecule is CCO[P@@](=S)(c1ccccc1)C1(C#N)CCCC1. The van der Waals surface area contributed by atoms with Crippen molar-refractivity contribution in [1.29, 1.82) is 5.26 Å². The van der Waals surface area contributed by atoms with Gasteiger partial charge in [-0.15, -0.1) is 0 Å². The van der Waals surface area contributed by atoms with Crippen molar-refractivity contribution >= 4 is 23.4 Å². The molecule has 1 aromatic rings. The van der Waals surface area contributed by atoms with Gasteiger partial charge in [-0.2, -0.15) is 5.26 Å². The normalized spacial score (nSPS) is 21.1. The summed E-state index contributed by atoms with van der Waals surface area (Å²) in [5, 5.41) is 10.3. The van der Waals surface area contributed by atoms with Crippen LogP contribution in [-0.4, -0.2) is 11.8 Å². The summed E-state index contributed by atoms with van der Waals surface area (Å²) >= 11 is 5.90. The molecule has 2 rings (SSSR count). The Balaban J connectivity index is 2.51. The molecule has 1 aromatic carbocycles. The van der Waals surface area contributed by atoms with Gasteiger partial charge >= 0.3 is 0 Å². The molecule has 18 heavy (non-hydrogen) atoms. The van der Waals surface area contributed by atoms with Crippen molar-refractivity contribution in [2.24, 2.45) is 0 Å². The quantitative estimate of drug-likeness (QED) is 0.790. The number of hydrogen-bond acceptors (Lipinski definition) is 3. The highest BCUT2D eigenvalue weighted by atomic mass is 32.4. The van der Waals surface area contributed by atoms with Gasteiger partial charge in [0.1, 0.15) is 11.4 Å². The van der Waals surface area contributed by atoms with Gasteiger partial charge in [-0.05, 0) is 19.8 Å². The number of nitrogens with zero attached hydrogens (tertiary/aromatic N) is 1. The number of rotatable bonds is 4. The molecule has 0 radical (unpaired) electrons. The highest BCUT2D eigenvalue weighted by Crippen LogP contribution is 2.64. The van der Waals surface area contributed by atoms with Crippen LogP contribution in [0.25, 0.3) is 0 Å². The van der Waals surface area contributed by atoms with Crippen LogP contribution in [-0.2, 0) is 16.3 Å². The molecule has 0 aromatic heterocycles. The van der Waals surface area contributed by atoms with Crippen molar-refractivity contribution in [3.8, 4) is 6.07 Å². The second-order valence-electron chi connectivity index (χ2n) is 4.66. The minimum absolute atomic E-state index is 0.445. The molecule has 0 unspecified atom stereocenters. The number of hydrogen-bond donors (Lipinski definition) is 0. The lowest BCUT2D eigenvalue weighted by Gasteiger charge is -2.35. The van der Waals surface area contributed by atoms with Crippen molar-refractivity contribution < 1.29 is 4.52 Å². The Morgan fingerprint density at radius 1 is 1.33 bits per heavy atom. The Hall–Kier alpha value is -0.680. The van der Waals surface area contributed by atoms with E-state index in [1.165, 1.54) is 0 Å². The summed E-state index contributed by atoms with van der Waals surface area (Å²) in [4.78, 5) is 0. The van der Waals surface area contributed by atoms with E-state index in [1.807, 2.05) is 37.3 Å². The van der Waals surface area contributed by atoms with Crippen molar-refractivity contribution in [3.05, 3.63) is 30.3 Å². The summed E-state index contributed by atoms with van der Waals surface area (Å²) in [7, 11) is 0. The van der Waals surface area contributed by atoms with Gasteiger partial charge in [-0.25, -0.2) is 0 Å². The highest BCUT2D eigenvalue weighted by Gasteiger charge is 2.48. The molecule has 1 atom stereocenters. The van der Waals surface area contributed by atoms with Crippen LogP contribution in [0.3, 0.4) is 0 Å². The summed E-state index contributed by atoms with van der Waals surface area (Å²) in [6, 6.07) is 12.5. The zero-order chi connectivity index (χ0) is 13.1. The molecule has 4 heteroatoms. The minimum atomic E-state index is -2.28. The maximum Gasteiger partial charge on any atom is 0.114 e. The maximum atomic E-state index is 9.67. The first-order valence-electron chi connectivity index (χ1n) is 6.40. The summed E-state index contributed by atoms with van der Waals surface area (Å²) < 4.78 is 6.00. The predicted octanol–water partition coefficient (Wildman–Crippen LogP) is 3.58. The molecule has 0 aliphatic heterocycles. The molecule has 0 bridgehead atoms. The van der Waals surface area contributed by atoms with Crippen LogP contribution in [0.2, 0.25) is 0 Å². The van der Waals surface area contributed by atoms with Gasteiger partial charge in [0.15, 0.2) is 0 Å². The fraction of sp³-hybridized carbons (Fsp3) is 0.500. The molecule has 2 nitrogen and oxygen atoms in total. The summed E-state index contributed by atoms with van der Waals surface area (Å²) in [6.07, 6.45) is 1.67. The van der Waals surface area contributed by atoms with Crippen LogP contribution in [0.5, 0.6) is 0 Å². The number of nitriles is 1. The Morgan fingerprint density at radius 3 is 2.44 bits per heavy atom.